The molecule has 100 valence electrons. The second kappa shape index (κ2) is 6.15. The van der Waals surface area contributed by atoms with Crippen LogP contribution in [-0.4, -0.2) is 22.7 Å². The number of carboxylic acids is 1. The van der Waals surface area contributed by atoms with Crippen LogP contribution in [0.25, 0.3) is 11.5 Å². The monoisotopic (exact) mass is 261 g/mol. The predicted molar refractivity (Wildman–Crippen MR) is 68.8 cm³/mol. The van der Waals surface area contributed by atoms with Gasteiger partial charge < -0.3 is 14.3 Å². The fourth-order valence-corrected chi connectivity index (χ4v) is 1.63. The number of aromatic carboxylic acids is 1. The Hall–Kier alpha value is -2.14. The summed E-state index contributed by atoms with van der Waals surface area (Å²) in [5, 5.41) is 9.10. The van der Waals surface area contributed by atoms with Crippen molar-refractivity contribution in [3.8, 4) is 11.5 Å². The van der Waals surface area contributed by atoms with Gasteiger partial charge in [-0.3, -0.25) is 0 Å². The number of nitrogens with zero attached hydrogens (tertiary/aromatic N) is 1. The highest BCUT2D eigenvalue weighted by atomic mass is 16.5. The zero-order valence-corrected chi connectivity index (χ0v) is 10.6. The van der Waals surface area contributed by atoms with E-state index in [4.69, 9.17) is 14.3 Å². The Balaban J connectivity index is 2.27. The van der Waals surface area contributed by atoms with Crippen LogP contribution in [0.15, 0.2) is 34.7 Å². The predicted octanol–water partition coefficient (Wildman–Crippen LogP) is 2.97. The van der Waals surface area contributed by atoms with E-state index in [1.807, 2.05) is 37.3 Å². The van der Waals surface area contributed by atoms with Gasteiger partial charge in [0.25, 0.3) is 0 Å². The molecule has 0 aliphatic carbocycles. The molecule has 0 atom stereocenters. The van der Waals surface area contributed by atoms with E-state index in [1.54, 1.807) is 0 Å². The molecular weight excluding hydrogens is 246 g/mol. The summed E-state index contributed by atoms with van der Waals surface area (Å²) >= 11 is 0. The fraction of sp³-hybridized carbons (Fsp3) is 0.286. The SMILES string of the molecule is CCCOCc1oc(-c2ccccc2)nc1C(=O)O. The van der Waals surface area contributed by atoms with Crippen molar-refractivity contribution in [2.45, 2.75) is 20.0 Å². The second-order valence-electron chi connectivity index (χ2n) is 4.01. The lowest BCUT2D eigenvalue weighted by Crippen LogP contribution is -2.03. The Morgan fingerprint density at radius 2 is 2.11 bits per heavy atom. The number of oxazole rings is 1. The van der Waals surface area contributed by atoms with E-state index in [0.717, 1.165) is 12.0 Å². The van der Waals surface area contributed by atoms with E-state index in [1.165, 1.54) is 0 Å². The zero-order valence-electron chi connectivity index (χ0n) is 10.6. The highest BCUT2D eigenvalue weighted by Crippen LogP contribution is 2.22. The van der Waals surface area contributed by atoms with E-state index in [2.05, 4.69) is 4.98 Å². The zero-order chi connectivity index (χ0) is 13.7. The summed E-state index contributed by atoms with van der Waals surface area (Å²) in [6.45, 7) is 2.66. The minimum atomic E-state index is -1.11. The van der Waals surface area contributed by atoms with Crippen LogP contribution in [0, 0.1) is 0 Å². The van der Waals surface area contributed by atoms with Crippen molar-refractivity contribution < 1.29 is 19.1 Å². The molecule has 19 heavy (non-hydrogen) atoms. The molecule has 0 saturated heterocycles. The summed E-state index contributed by atoms with van der Waals surface area (Å²) in [5.74, 6) is -0.561. The third-order valence-electron chi connectivity index (χ3n) is 2.50. The molecular formula is C14H15NO4. The number of carboxylic acid groups (broad SMARTS) is 1. The Morgan fingerprint density at radius 1 is 1.37 bits per heavy atom. The van der Waals surface area contributed by atoms with E-state index in [0.29, 0.717) is 12.5 Å². The maximum atomic E-state index is 11.1. The van der Waals surface area contributed by atoms with Crippen LogP contribution >= 0.6 is 0 Å². The molecule has 2 aromatic rings. The lowest BCUT2D eigenvalue weighted by molar-refractivity contribution is 0.0674. The molecule has 0 fully saturated rings. The minimum absolute atomic E-state index is 0.0880. The van der Waals surface area contributed by atoms with E-state index < -0.39 is 5.97 Å². The number of rotatable bonds is 6. The van der Waals surface area contributed by atoms with E-state index in [-0.39, 0.29) is 18.1 Å². The molecule has 5 heteroatoms. The quantitative estimate of drug-likeness (QED) is 0.809. The van der Waals surface area contributed by atoms with Gasteiger partial charge in [-0.15, -0.1) is 0 Å². The number of ether oxygens (including phenoxy) is 1. The number of benzene rings is 1. The molecule has 1 aromatic heterocycles. The van der Waals surface area contributed by atoms with Gasteiger partial charge in [-0.2, -0.15) is 0 Å². The van der Waals surface area contributed by atoms with Crippen LogP contribution < -0.4 is 0 Å². The molecule has 0 aliphatic heterocycles. The van der Waals surface area contributed by atoms with Crippen LogP contribution in [0.2, 0.25) is 0 Å². The molecule has 5 nitrogen and oxygen atoms in total. The number of hydrogen-bond donors (Lipinski definition) is 1. The summed E-state index contributed by atoms with van der Waals surface area (Å²) in [7, 11) is 0. The average Bonchev–Trinajstić information content (AvgIpc) is 2.84. The van der Waals surface area contributed by atoms with Crippen LogP contribution in [0.3, 0.4) is 0 Å². The molecule has 0 amide bonds. The molecule has 2 rings (SSSR count). The van der Waals surface area contributed by atoms with Gasteiger partial charge in [0.15, 0.2) is 11.5 Å². The maximum Gasteiger partial charge on any atom is 0.358 e. The molecule has 0 radical (unpaired) electrons. The normalized spacial score (nSPS) is 10.6. The summed E-state index contributed by atoms with van der Waals surface area (Å²) in [6, 6.07) is 9.18. The average molecular weight is 261 g/mol. The van der Waals surface area contributed by atoms with Gasteiger partial charge in [-0.25, -0.2) is 9.78 Å². The molecule has 0 unspecified atom stereocenters. The lowest BCUT2D eigenvalue weighted by atomic mass is 10.2. The first kappa shape index (κ1) is 13.3. The van der Waals surface area contributed by atoms with Crippen molar-refractivity contribution in [1.82, 2.24) is 4.98 Å². The first-order chi connectivity index (χ1) is 9.22. The van der Waals surface area contributed by atoms with Gasteiger partial charge in [0.05, 0.1) is 0 Å². The van der Waals surface area contributed by atoms with Crippen LogP contribution in [0.5, 0.6) is 0 Å². The Labute approximate surface area is 110 Å². The lowest BCUT2D eigenvalue weighted by Gasteiger charge is -1.99. The van der Waals surface area contributed by atoms with Gasteiger partial charge in [0, 0.05) is 12.2 Å². The van der Waals surface area contributed by atoms with Gasteiger partial charge in [0.1, 0.15) is 6.61 Å². The van der Waals surface area contributed by atoms with Gasteiger partial charge in [-0.1, -0.05) is 25.1 Å². The largest absolute Gasteiger partial charge is 0.476 e. The summed E-state index contributed by atoms with van der Waals surface area (Å²) in [5.41, 5.74) is 0.654. The highest BCUT2D eigenvalue weighted by Gasteiger charge is 2.20. The molecule has 1 heterocycles. The Bertz CT molecular complexity index is 548. The molecule has 0 saturated carbocycles. The summed E-state index contributed by atoms with van der Waals surface area (Å²) < 4.78 is 10.8. The fourth-order valence-electron chi connectivity index (χ4n) is 1.63. The first-order valence-corrected chi connectivity index (χ1v) is 6.08. The van der Waals surface area contributed by atoms with Crippen molar-refractivity contribution in [1.29, 1.82) is 0 Å². The van der Waals surface area contributed by atoms with E-state index in [9.17, 15) is 4.79 Å². The Morgan fingerprint density at radius 3 is 2.74 bits per heavy atom. The highest BCUT2D eigenvalue weighted by molar-refractivity contribution is 5.87. The number of aromatic nitrogens is 1. The Kier molecular flexibility index (Phi) is 4.30. The number of carbonyl (C=O) groups is 1. The maximum absolute atomic E-state index is 11.1. The van der Waals surface area contributed by atoms with Crippen molar-refractivity contribution >= 4 is 5.97 Å². The topological polar surface area (TPSA) is 72.6 Å². The summed E-state index contributed by atoms with van der Waals surface area (Å²) in [4.78, 5) is 15.1. The molecule has 0 aliphatic rings. The standard InChI is InChI=1S/C14H15NO4/c1-2-8-18-9-11-12(14(16)17)15-13(19-11)10-6-4-3-5-7-10/h3-7H,2,8-9H2,1H3,(H,16,17). The van der Waals surface area contributed by atoms with Crippen molar-refractivity contribution in [2.75, 3.05) is 6.61 Å². The van der Waals surface area contributed by atoms with Crippen molar-refractivity contribution in [2.24, 2.45) is 0 Å². The third kappa shape index (κ3) is 3.20. The van der Waals surface area contributed by atoms with Crippen molar-refractivity contribution in [3.05, 3.63) is 41.8 Å². The van der Waals surface area contributed by atoms with Crippen molar-refractivity contribution in [3.63, 3.8) is 0 Å². The van der Waals surface area contributed by atoms with Crippen LogP contribution in [0.1, 0.15) is 29.6 Å². The molecule has 0 spiro atoms. The van der Waals surface area contributed by atoms with Crippen LogP contribution in [0.4, 0.5) is 0 Å². The third-order valence-corrected chi connectivity index (χ3v) is 2.50. The molecule has 1 aromatic carbocycles. The van der Waals surface area contributed by atoms with E-state index >= 15 is 0 Å². The first-order valence-electron chi connectivity index (χ1n) is 6.08. The smallest absolute Gasteiger partial charge is 0.358 e. The van der Waals surface area contributed by atoms with Crippen LogP contribution in [-0.2, 0) is 11.3 Å². The van der Waals surface area contributed by atoms with Gasteiger partial charge >= 0.3 is 5.97 Å². The van der Waals surface area contributed by atoms with Gasteiger partial charge in [-0.05, 0) is 18.6 Å². The molecule has 1 N–H and O–H groups in total. The second-order valence-corrected chi connectivity index (χ2v) is 4.01. The minimum Gasteiger partial charge on any atom is -0.476 e. The van der Waals surface area contributed by atoms with Gasteiger partial charge in [0.2, 0.25) is 5.89 Å². The number of hydrogen-bond acceptors (Lipinski definition) is 4. The molecule has 0 bridgehead atoms. The summed E-state index contributed by atoms with van der Waals surface area (Å²) in [6.07, 6.45) is 0.863.